The predicted molar refractivity (Wildman–Crippen MR) is 93.2 cm³/mol. The molecule has 0 fully saturated rings. The van der Waals surface area contributed by atoms with Gasteiger partial charge in [-0.1, -0.05) is 6.07 Å². The lowest BCUT2D eigenvalue weighted by Gasteiger charge is -2.07. The molecule has 0 aliphatic heterocycles. The molecule has 0 unspecified atom stereocenters. The summed E-state index contributed by atoms with van der Waals surface area (Å²) < 4.78 is 4.64. The number of carbonyl (C=O) groups excluding carboxylic acids is 2. The Balaban J connectivity index is 1.76. The maximum absolute atomic E-state index is 12.4. The number of carbonyl (C=O) groups is 2. The summed E-state index contributed by atoms with van der Waals surface area (Å²) in [5.74, 6) is -0.697. The molecule has 0 aliphatic rings. The van der Waals surface area contributed by atoms with Gasteiger partial charge in [0.1, 0.15) is 0 Å². The molecule has 25 heavy (non-hydrogen) atoms. The molecule has 1 amide bonds. The lowest BCUT2D eigenvalue weighted by atomic mass is 10.1. The molecule has 6 nitrogen and oxygen atoms in total. The van der Waals surface area contributed by atoms with Gasteiger partial charge in [0.15, 0.2) is 0 Å². The van der Waals surface area contributed by atoms with E-state index in [2.05, 4.69) is 20.0 Å². The summed E-state index contributed by atoms with van der Waals surface area (Å²) in [4.78, 5) is 32.3. The summed E-state index contributed by atoms with van der Waals surface area (Å²) >= 11 is 0. The van der Waals surface area contributed by atoms with Gasteiger partial charge in [-0.15, -0.1) is 0 Å². The highest BCUT2D eigenvalue weighted by atomic mass is 16.5. The molecule has 0 radical (unpaired) electrons. The molecule has 0 saturated carbocycles. The van der Waals surface area contributed by atoms with E-state index in [1.165, 1.54) is 7.11 Å². The third-order valence-corrected chi connectivity index (χ3v) is 3.51. The zero-order chi connectivity index (χ0) is 17.6. The molecule has 0 atom stereocenters. The number of methoxy groups -OCH3 is 1. The summed E-state index contributed by atoms with van der Waals surface area (Å²) in [7, 11) is 1.32. The van der Waals surface area contributed by atoms with Crippen molar-refractivity contribution in [3.8, 4) is 11.4 Å². The van der Waals surface area contributed by atoms with E-state index >= 15 is 0 Å². The van der Waals surface area contributed by atoms with Crippen LogP contribution in [-0.2, 0) is 4.74 Å². The molecule has 1 aromatic carbocycles. The Morgan fingerprint density at radius 3 is 2.32 bits per heavy atom. The number of aromatic nitrogens is 2. The number of hydrogen-bond donors (Lipinski definition) is 1. The highest BCUT2D eigenvalue weighted by molar-refractivity contribution is 6.04. The van der Waals surface area contributed by atoms with Gasteiger partial charge in [0.25, 0.3) is 5.91 Å². The topological polar surface area (TPSA) is 81.2 Å². The number of anilines is 1. The van der Waals surface area contributed by atoms with Crippen LogP contribution in [0.25, 0.3) is 11.4 Å². The average molecular weight is 333 g/mol. The minimum Gasteiger partial charge on any atom is -0.465 e. The van der Waals surface area contributed by atoms with E-state index in [4.69, 9.17) is 0 Å². The molecule has 2 heterocycles. The van der Waals surface area contributed by atoms with Gasteiger partial charge in [-0.05, 0) is 48.5 Å². The largest absolute Gasteiger partial charge is 0.465 e. The quantitative estimate of drug-likeness (QED) is 0.742. The number of pyridine rings is 2. The van der Waals surface area contributed by atoms with Crippen molar-refractivity contribution in [2.45, 2.75) is 0 Å². The first kappa shape index (κ1) is 16.3. The standard InChI is InChI=1S/C19H15N3O3/c1-25-19(24)13-5-7-15(8-6-13)22-18(23)14-9-11-21-17(12-14)16-4-2-3-10-20-16/h2-12H,1H3,(H,22,23). The monoisotopic (exact) mass is 333 g/mol. The van der Waals surface area contributed by atoms with Crippen LogP contribution in [0.2, 0.25) is 0 Å². The summed E-state index contributed by atoms with van der Waals surface area (Å²) in [6, 6.07) is 15.3. The third kappa shape index (κ3) is 3.87. The van der Waals surface area contributed by atoms with Crippen molar-refractivity contribution < 1.29 is 14.3 Å². The predicted octanol–water partition coefficient (Wildman–Crippen LogP) is 3.18. The van der Waals surface area contributed by atoms with Crippen molar-refractivity contribution >= 4 is 17.6 Å². The Morgan fingerprint density at radius 2 is 1.64 bits per heavy atom. The summed E-state index contributed by atoms with van der Waals surface area (Å²) in [5.41, 5.74) is 2.78. The van der Waals surface area contributed by atoms with Gasteiger partial charge in [-0.3, -0.25) is 14.8 Å². The number of amides is 1. The van der Waals surface area contributed by atoms with Crippen LogP contribution >= 0.6 is 0 Å². The Hall–Kier alpha value is -3.54. The van der Waals surface area contributed by atoms with Gasteiger partial charge in [-0.2, -0.15) is 0 Å². The Morgan fingerprint density at radius 1 is 0.880 bits per heavy atom. The first-order chi connectivity index (χ1) is 12.2. The van der Waals surface area contributed by atoms with E-state index in [0.717, 1.165) is 0 Å². The highest BCUT2D eigenvalue weighted by Crippen LogP contribution is 2.16. The second-order valence-corrected chi connectivity index (χ2v) is 5.17. The fraction of sp³-hybridized carbons (Fsp3) is 0.0526. The first-order valence-corrected chi connectivity index (χ1v) is 7.54. The van der Waals surface area contributed by atoms with Crippen LogP contribution < -0.4 is 5.32 Å². The molecule has 0 saturated heterocycles. The van der Waals surface area contributed by atoms with Gasteiger partial charge in [0, 0.05) is 23.6 Å². The summed E-state index contributed by atoms with van der Waals surface area (Å²) in [5, 5.41) is 2.78. The molecular weight excluding hydrogens is 318 g/mol. The van der Waals surface area contributed by atoms with Crippen LogP contribution in [0.1, 0.15) is 20.7 Å². The van der Waals surface area contributed by atoms with Crippen molar-refractivity contribution in [1.82, 2.24) is 9.97 Å². The molecule has 0 spiro atoms. The third-order valence-electron chi connectivity index (χ3n) is 3.51. The Kier molecular flexibility index (Phi) is 4.80. The first-order valence-electron chi connectivity index (χ1n) is 7.54. The molecule has 0 bridgehead atoms. The van der Waals surface area contributed by atoms with Crippen molar-refractivity contribution in [2.75, 3.05) is 12.4 Å². The van der Waals surface area contributed by atoms with Crippen LogP contribution in [0.15, 0.2) is 67.0 Å². The van der Waals surface area contributed by atoms with Crippen LogP contribution in [0.3, 0.4) is 0 Å². The maximum atomic E-state index is 12.4. The van der Waals surface area contributed by atoms with Crippen molar-refractivity contribution in [2.24, 2.45) is 0 Å². The van der Waals surface area contributed by atoms with Crippen LogP contribution in [0, 0.1) is 0 Å². The van der Waals surface area contributed by atoms with E-state index in [0.29, 0.717) is 28.2 Å². The average Bonchev–Trinajstić information content (AvgIpc) is 2.68. The summed E-state index contributed by atoms with van der Waals surface area (Å²) in [6.45, 7) is 0. The van der Waals surface area contributed by atoms with E-state index in [-0.39, 0.29) is 5.91 Å². The number of benzene rings is 1. The second kappa shape index (κ2) is 7.35. The summed E-state index contributed by atoms with van der Waals surface area (Å²) in [6.07, 6.45) is 3.24. The van der Waals surface area contributed by atoms with Crippen molar-refractivity contribution in [3.63, 3.8) is 0 Å². The maximum Gasteiger partial charge on any atom is 0.337 e. The van der Waals surface area contributed by atoms with Gasteiger partial charge in [-0.25, -0.2) is 4.79 Å². The highest BCUT2D eigenvalue weighted by Gasteiger charge is 2.10. The van der Waals surface area contributed by atoms with Gasteiger partial charge >= 0.3 is 5.97 Å². The van der Waals surface area contributed by atoms with Crippen LogP contribution in [-0.4, -0.2) is 29.0 Å². The molecule has 0 aliphatic carbocycles. The number of hydrogen-bond acceptors (Lipinski definition) is 5. The number of ether oxygens (including phenoxy) is 1. The van der Waals surface area contributed by atoms with Crippen molar-refractivity contribution in [3.05, 3.63) is 78.1 Å². The lowest BCUT2D eigenvalue weighted by molar-refractivity contribution is 0.0600. The normalized spacial score (nSPS) is 10.1. The second-order valence-electron chi connectivity index (χ2n) is 5.17. The molecule has 1 N–H and O–H groups in total. The van der Waals surface area contributed by atoms with E-state index in [9.17, 15) is 9.59 Å². The smallest absolute Gasteiger partial charge is 0.337 e. The minimum absolute atomic E-state index is 0.273. The number of nitrogens with zero attached hydrogens (tertiary/aromatic N) is 2. The van der Waals surface area contributed by atoms with E-state index < -0.39 is 5.97 Å². The molecule has 3 rings (SSSR count). The fourth-order valence-corrected chi connectivity index (χ4v) is 2.24. The number of esters is 1. The van der Waals surface area contributed by atoms with E-state index in [1.54, 1.807) is 48.8 Å². The van der Waals surface area contributed by atoms with Crippen LogP contribution in [0.5, 0.6) is 0 Å². The van der Waals surface area contributed by atoms with Crippen LogP contribution in [0.4, 0.5) is 5.69 Å². The fourth-order valence-electron chi connectivity index (χ4n) is 2.24. The molecule has 6 heteroatoms. The van der Waals surface area contributed by atoms with Gasteiger partial charge in [0.2, 0.25) is 0 Å². The molecular formula is C19H15N3O3. The number of nitrogens with one attached hydrogen (secondary N) is 1. The Labute approximate surface area is 144 Å². The minimum atomic E-state index is -0.424. The zero-order valence-electron chi connectivity index (χ0n) is 13.5. The lowest BCUT2D eigenvalue weighted by Crippen LogP contribution is -2.12. The molecule has 3 aromatic rings. The SMILES string of the molecule is COC(=O)c1ccc(NC(=O)c2ccnc(-c3ccccn3)c2)cc1. The zero-order valence-corrected chi connectivity index (χ0v) is 13.5. The van der Waals surface area contributed by atoms with Gasteiger partial charge in [0.05, 0.1) is 24.1 Å². The van der Waals surface area contributed by atoms with Gasteiger partial charge < -0.3 is 10.1 Å². The Bertz CT molecular complexity index is 893. The number of rotatable bonds is 4. The molecule has 124 valence electrons. The van der Waals surface area contributed by atoms with Crippen molar-refractivity contribution in [1.29, 1.82) is 0 Å². The van der Waals surface area contributed by atoms with E-state index in [1.807, 2.05) is 18.2 Å². The molecule has 2 aromatic heterocycles.